The Labute approximate surface area is 133 Å². The van der Waals surface area contributed by atoms with Crippen LogP contribution in [-0.2, 0) is 4.79 Å². The highest BCUT2D eigenvalue weighted by atomic mass is 16.2. The lowest BCUT2D eigenvalue weighted by Crippen LogP contribution is -2.28. The summed E-state index contributed by atoms with van der Waals surface area (Å²) in [6.07, 6.45) is 13.0. The fourth-order valence-corrected chi connectivity index (χ4v) is 4.03. The van der Waals surface area contributed by atoms with Crippen molar-refractivity contribution in [2.24, 2.45) is 5.92 Å². The fraction of sp³-hybridized carbons (Fsp3) is 0.778. The van der Waals surface area contributed by atoms with Crippen molar-refractivity contribution in [2.45, 2.75) is 70.6 Å². The Hall–Kier alpha value is -1.32. The van der Waals surface area contributed by atoms with Crippen LogP contribution in [0.1, 0.15) is 75.2 Å². The third kappa shape index (κ3) is 3.90. The Balaban J connectivity index is 1.39. The molecule has 0 unspecified atom stereocenters. The fourth-order valence-electron chi connectivity index (χ4n) is 4.03. The Morgan fingerprint density at radius 1 is 1.32 bits per heavy atom. The second-order valence-corrected chi connectivity index (χ2v) is 7.17. The first-order chi connectivity index (χ1) is 10.7. The van der Waals surface area contributed by atoms with Crippen molar-refractivity contribution >= 4 is 5.91 Å². The first kappa shape index (κ1) is 15.6. The van der Waals surface area contributed by atoms with E-state index in [4.69, 9.17) is 0 Å². The third-order valence-corrected chi connectivity index (χ3v) is 5.38. The minimum Gasteiger partial charge on any atom is -0.346 e. The summed E-state index contributed by atoms with van der Waals surface area (Å²) in [5, 5.41) is 0. The monoisotopic (exact) mass is 303 g/mol. The lowest BCUT2D eigenvalue weighted by Gasteiger charge is -2.22. The number of rotatable bonds is 5. The van der Waals surface area contributed by atoms with Crippen molar-refractivity contribution in [3.05, 3.63) is 17.7 Å². The highest BCUT2D eigenvalue weighted by Gasteiger charge is 2.28. The van der Waals surface area contributed by atoms with Crippen LogP contribution < -0.4 is 0 Å². The maximum absolute atomic E-state index is 12.4. The van der Waals surface area contributed by atoms with E-state index >= 15 is 0 Å². The lowest BCUT2D eigenvalue weighted by atomic mass is 9.86. The number of carbonyl (C=O) groups is 1. The molecule has 1 amide bonds. The number of hydrogen-bond acceptors (Lipinski definition) is 2. The van der Waals surface area contributed by atoms with E-state index in [-0.39, 0.29) is 0 Å². The van der Waals surface area contributed by atoms with Crippen molar-refractivity contribution in [1.82, 2.24) is 14.9 Å². The average Bonchev–Trinajstić information content (AvgIpc) is 3.17. The van der Waals surface area contributed by atoms with E-state index in [1.54, 1.807) is 0 Å². The quantitative estimate of drug-likeness (QED) is 0.899. The van der Waals surface area contributed by atoms with E-state index in [0.717, 1.165) is 49.8 Å². The molecule has 1 saturated heterocycles. The minimum atomic E-state index is 0.349. The zero-order valence-electron chi connectivity index (χ0n) is 13.8. The van der Waals surface area contributed by atoms with Gasteiger partial charge < -0.3 is 9.88 Å². The molecule has 122 valence electrons. The molecule has 3 rings (SSSR count). The van der Waals surface area contributed by atoms with Crippen LogP contribution in [0, 0.1) is 12.8 Å². The number of likely N-dealkylation sites (tertiary alicyclic amines) is 1. The molecule has 4 nitrogen and oxygen atoms in total. The van der Waals surface area contributed by atoms with E-state index in [0.29, 0.717) is 11.8 Å². The molecule has 2 heterocycles. The highest BCUT2D eigenvalue weighted by molar-refractivity contribution is 5.76. The predicted molar refractivity (Wildman–Crippen MR) is 87.7 cm³/mol. The molecule has 1 aliphatic heterocycles. The van der Waals surface area contributed by atoms with E-state index in [2.05, 4.69) is 9.97 Å². The molecule has 1 aliphatic carbocycles. The minimum absolute atomic E-state index is 0.349. The number of aromatic amines is 1. The van der Waals surface area contributed by atoms with E-state index in [1.165, 1.54) is 38.5 Å². The van der Waals surface area contributed by atoms with Crippen LogP contribution in [0.15, 0.2) is 6.20 Å². The molecule has 1 aromatic rings. The molecular weight excluding hydrogens is 274 g/mol. The number of amides is 1. The van der Waals surface area contributed by atoms with Gasteiger partial charge in [-0.1, -0.05) is 32.1 Å². The van der Waals surface area contributed by atoms with Crippen molar-refractivity contribution in [3.63, 3.8) is 0 Å². The lowest BCUT2D eigenvalue weighted by molar-refractivity contribution is -0.130. The highest BCUT2D eigenvalue weighted by Crippen LogP contribution is 2.29. The van der Waals surface area contributed by atoms with Gasteiger partial charge in [-0.05, 0) is 32.1 Å². The summed E-state index contributed by atoms with van der Waals surface area (Å²) < 4.78 is 0. The molecule has 1 N–H and O–H groups in total. The largest absolute Gasteiger partial charge is 0.346 e. The van der Waals surface area contributed by atoms with Crippen LogP contribution >= 0.6 is 0 Å². The number of nitrogens with one attached hydrogen (secondary N) is 1. The molecule has 0 spiro atoms. The zero-order chi connectivity index (χ0) is 15.4. The number of imidazole rings is 1. The number of carbonyl (C=O) groups excluding carboxylic acids is 1. The summed E-state index contributed by atoms with van der Waals surface area (Å²) in [6, 6.07) is 0. The van der Waals surface area contributed by atoms with Crippen LogP contribution in [-0.4, -0.2) is 33.9 Å². The van der Waals surface area contributed by atoms with Crippen molar-refractivity contribution < 1.29 is 4.79 Å². The Bertz CT molecular complexity index is 490. The van der Waals surface area contributed by atoms with E-state index < -0.39 is 0 Å². The van der Waals surface area contributed by atoms with Crippen molar-refractivity contribution in [1.29, 1.82) is 0 Å². The molecule has 0 aromatic carbocycles. The first-order valence-electron chi connectivity index (χ1n) is 9.01. The van der Waals surface area contributed by atoms with Crippen LogP contribution in [0.3, 0.4) is 0 Å². The van der Waals surface area contributed by atoms with Gasteiger partial charge in [0.1, 0.15) is 5.82 Å². The van der Waals surface area contributed by atoms with E-state index in [1.807, 2.05) is 18.0 Å². The van der Waals surface area contributed by atoms with Gasteiger partial charge in [-0.2, -0.15) is 0 Å². The van der Waals surface area contributed by atoms with E-state index in [9.17, 15) is 4.79 Å². The molecular formula is C18H29N3O. The Kier molecular flexibility index (Phi) is 5.16. The smallest absolute Gasteiger partial charge is 0.222 e. The predicted octanol–water partition coefficient (Wildman–Crippen LogP) is 3.78. The topological polar surface area (TPSA) is 49.0 Å². The van der Waals surface area contributed by atoms with Crippen LogP contribution in [0.5, 0.6) is 0 Å². The van der Waals surface area contributed by atoms with Crippen LogP contribution in [0.4, 0.5) is 0 Å². The maximum Gasteiger partial charge on any atom is 0.222 e. The van der Waals surface area contributed by atoms with Gasteiger partial charge >= 0.3 is 0 Å². The molecule has 2 fully saturated rings. The van der Waals surface area contributed by atoms with Gasteiger partial charge in [0, 0.05) is 37.3 Å². The molecule has 0 bridgehead atoms. The van der Waals surface area contributed by atoms with Gasteiger partial charge in [0.25, 0.3) is 0 Å². The molecule has 1 atom stereocenters. The molecule has 1 saturated carbocycles. The van der Waals surface area contributed by atoms with Gasteiger partial charge in [0.15, 0.2) is 0 Å². The molecule has 2 aliphatic rings. The summed E-state index contributed by atoms with van der Waals surface area (Å²) >= 11 is 0. The standard InChI is InChI=1S/C18H29N3O/c1-14-12-19-18(20-14)16-10-11-21(13-16)17(22)9-5-8-15-6-3-2-4-7-15/h12,15-16H,2-11,13H2,1H3,(H,19,20)/t16-/m0/s1. The van der Waals surface area contributed by atoms with Crippen LogP contribution in [0.25, 0.3) is 0 Å². The van der Waals surface area contributed by atoms with Crippen molar-refractivity contribution in [3.8, 4) is 0 Å². The summed E-state index contributed by atoms with van der Waals surface area (Å²) in [4.78, 5) is 22.1. The second kappa shape index (κ2) is 7.30. The molecule has 4 heteroatoms. The number of nitrogens with zero attached hydrogens (tertiary/aromatic N) is 2. The van der Waals surface area contributed by atoms with Gasteiger partial charge in [-0.3, -0.25) is 4.79 Å². The summed E-state index contributed by atoms with van der Waals surface area (Å²) in [5.74, 6) is 2.69. The SMILES string of the molecule is Cc1cnc([C@H]2CCN(C(=O)CCCC3CCCCC3)C2)[nH]1. The number of hydrogen-bond donors (Lipinski definition) is 1. The molecule has 1 aromatic heterocycles. The third-order valence-electron chi connectivity index (χ3n) is 5.38. The first-order valence-corrected chi connectivity index (χ1v) is 9.01. The molecule has 22 heavy (non-hydrogen) atoms. The summed E-state index contributed by atoms with van der Waals surface area (Å²) in [6.45, 7) is 3.77. The van der Waals surface area contributed by atoms with Gasteiger partial charge in [-0.15, -0.1) is 0 Å². The maximum atomic E-state index is 12.4. The normalized spacial score (nSPS) is 23.1. The molecule has 0 radical (unpaired) electrons. The number of aromatic nitrogens is 2. The van der Waals surface area contributed by atoms with Gasteiger partial charge in [0.05, 0.1) is 0 Å². The summed E-state index contributed by atoms with van der Waals surface area (Å²) in [5.41, 5.74) is 1.10. The summed E-state index contributed by atoms with van der Waals surface area (Å²) in [7, 11) is 0. The number of H-pyrrole nitrogens is 1. The Morgan fingerprint density at radius 3 is 2.86 bits per heavy atom. The van der Waals surface area contributed by atoms with Crippen LogP contribution in [0.2, 0.25) is 0 Å². The van der Waals surface area contributed by atoms with Crippen molar-refractivity contribution in [2.75, 3.05) is 13.1 Å². The zero-order valence-corrected chi connectivity index (χ0v) is 13.8. The number of aryl methyl sites for hydroxylation is 1. The van der Waals surface area contributed by atoms with Gasteiger partial charge in [0.2, 0.25) is 5.91 Å². The Morgan fingerprint density at radius 2 is 2.14 bits per heavy atom. The second-order valence-electron chi connectivity index (χ2n) is 7.17. The average molecular weight is 303 g/mol. The van der Waals surface area contributed by atoms with Gasteiger partial charge in [-0.25, -0.2) is 4.98 Å².